The zero-order valence-corrected chi connectivity index (χ0v) is 20.4. The van der Waals surface area contributed by atoms with E-state index >= 15 is 0 Å². The highest BCUT2D eigenvalue weighted by Crippen LogP contribution is 2.49. The molecule has 35 heavy (non-hydrogen) atoms. The number of aliphatic hydroxyl groups is 1. The molecule has 2 aliphatic carbocycles. The number of anilines is 2. The molecule has 0 bridgehead atoms. The van der Waals surface area contributed by atoms with Crippen molar-refractivity contribution in [1.82, 2.24) is 5.32 Å². The number of benzene rings is 2. The van der Waals surface area contributed by atoms with Crippen LogP contribution < -0.4 is 16.0 Å². The number of hydrogen-bond donors (Lipinski definition) is 4. The Morgan fingerprint density at radius 1 is 0.943 bits per heavy atom. The third-order valence-corrected chi connectivity index (χ3v) is 8.19. The quantitative estimate of drug-likeness (QED) is 0.408. The van der Waals surface area contributed by atoms with E-state index in [-0.39, 0.29) is 24.0 Å². The molecule has 1 heterocycles. The van der Waals surface area contributed by atoms with Crippen LogP contribution in [-0.2, 0) is 10.5 Å². The topological polar surface area (TPSA) is 73.4 Å². The normalized spacial score (nSPS) is 24.7. The van der Waals surface area contributed by atoms with Gasteiger partial charge in [-0.25, -0.2) is 8.78 Å². The van der Waals surface area contributed by atoms with Crippen LogP contribution in [0.4, 0.5) is 20.2 Å². The van der Waals surface area contributed by atoms with Gasteiger partial charge < -0.3 is 21.1 Å². The Labute approximate surface area is 209 Å². The molecule has 0 aromatic heterocycles. The van der Waals surface area contributed by atoms with Gasteiger partial charge in [0.2, 0.25) is 5.91 Å². The molecule has 5 rings (SSSR count). The van der Waals surface area contributed by atoms with Crippen LogP contribution in [0.15, 0.2) is 36.4 Å². The number of hydrogen-bond acceptors (Lipinski definition) is 4. The van der Waals surface area contributed by atoms with E-state index in [1.165, 1.54) is 0 Å². The van der Waals surface area contributed by atoms with Crippen molar-refractivity contribution in [3.63, 3.8) is 0 Å². The summed E-state index contributed by atoms with van der Waals surface area (Å²) in [5, 5.41) is 20.6. The van der Waals surface area contributed by atoms with Crippen LogP contribution in [0.5, 0.6) is 0 Å². The maximum Gasteiger partial charge on any atom is 0.228 e. The van der Waals surface area contributed by atoms with Crippen LogP contribution in [0.2, 0.25) is 5.02 Å². The first kappa shape index (κ1) is 24.3. The second-order valence-corrected chi connectivity index (χ2v) is 10.7. The molecule has 2 aromatic rings. The van der Waals surface area contributed by atoms with Crippen molar-refractivity contribution >= 4 is 28.9 Å². The lowest BCUT2D eigenvalue weighted by molar-refractivity contribution is -0.130. The van der Waals surface area contributed by atoms with Crippen LogP contribution in [0, 0.1) is 23.5 Å². The minimum atomic E-state index is -1.09. The van der Waals surface area contributed by atoms with Crippen molar-refractivity contribution in [1.29, 1.82) is 0 Å². The van der Waals surface area contributed by atoms with Crippen molar-refractivity contribution in [2.45, 2.75) is 75.6 Å². The Kier molecular flexibility index (Phi) is 6.91. The molecule has 1 unspecified atom stereocenters. The number of fused-ring (bicyclic) bond motifs is 1. The van der Waals surface area contributed by atoms with Crippen molar-refractivity contribution in [3.8, 4) is 0 Å². The number of nitrogens with one attached hydrogen (secondary N) is 3. The van der Waals surface area contributed by atoms with Crippen molar-refractivity contribution in [2.24, 2.45) is 11.8 Å². The molecule has 1 atom stereocenters. The molecule has 5 nitrogen and oxygen atoms in total. The zero-order valence-electron chi connectivity index (χ0n) is 19.6. The van der Waals surface area contributed by atoms with Crippen LogP contribution in [0.1, 0.15) is 63.4 Å². The Morgan fingerprint density at radius 3 is 2.09 bits per heavy atom. The Morgan fingerprint density at radius 2 is 1.51 bits per heavy atom. The first-order chi connectivity index (χ1) is 16.9. The molecule has 1 amide bonds. The molecule has 2 aromatic carbocycles. The maximum atomic E-state index is 14.2. The van der Waals surface area contributed by atoms with Gasteiger partial charge in [0.05, 0.1) is 23.4 Å². The summed E-state index contributed by atoms with van der Waals surface area (Å²) in [6.07, 6.45) is 7.51. The SMILES string of the molecule is O=C(NC1CCC(O)CC1)C(C1CCCCC1)C1(c2ccc(Cl)cc2)Nc2cc(F)c(F)cc2N1. The molecule has 0 saturated heterocycles. The summed E-state index contributed by atoms with van der Waals surface area (Å²) in [4.78, 5) is 14.1. The van der Waals surface area contributed by atoms with E-state index < -0.39 is 23.2 Å². The fourth-order valence-electron chi connectivity index (χ4n) is 6.14. The molecule has 8 heteroatoms. The lowest BCUT2D eigenvalue weighted by Crippen LogP contribution is -2.57. The molecular formula is C27H32ClF2N3O2. The van der Waals surface area contributed by atoms with Crippen molar-refractivity contribution in [3.05, 3.63) is 58.6 Å². The van der Waals surface area contributed by atoms with Gasteiger partial charge in [-0.05, 0) is 62.1 Å². The van der Waals surface area contributed by atoms with Crippen LogP contribution in [-0.4, -0.2) is 23.2 Å². The number of carbonyl (C=O) groups excluding carboxylic acids is 1. The summed E-state index contributed by atoms with van der Waals surface area (Å²) >= 11 is 6.19. The summed E-state index contributed by atoms with van der Waals surface area (Å²) in [5.74, 6) is -2.41. The molecule has 1 aliphatic heterocycles. The molecule has 0 spiro atoms. The summed E-state index contributed by atoms with van der Waals surface area (Å²) in [5.41, 5.74) is 0.540. The maximum absolute atomic E-state index is 14.2. The molecule has 4 N–H and O–H groups in total. The third kappa shape index (κ3) is 4.85. The molecule has 2 saturated carbocycles. The second-order valence-electron chi connectivity index (χ2n) is 10.3. The molecule has 0 radical (unpaired) electrons. The summed E-state index contributed by atoms with van der Waals surface area (Å²) < 4.78 is 28.4. The standard InChI is InChI=1S/C27H32ClF2N3O2/c28-18-8-6-17(7-9-18)27(32-23-14-21(29)22(30)15-24(23)33-27)25(16-4-2-1-3-5-16)26(35)31-19-10-12-20(34)13-11-19/h6-9,14-16,19-20,25,32-34H,1-5,10-13H2,(H,31,35). The fourth-order valence-corrected chi connectivity index (χ4v) is 6.27. The van der Waals surface area contributed by atoms with Gasteiger partial charge in [-0.2, -0.15) is 0 Å². The smallest absolute Gasteiger partial charge is 0.228 e. The van der Waals surface area contributed by atoms with Crippen molar-refractivity contribution < 1.29 is 18.7 Å². The molecule has 188 valence electrons. The lowest BCUT2D eigenvalue weighted by Gasteiger charge is -2.44. The van der Waals surface area contributed by atoms with Gasteiger partial charge in [0.15, 0.2) is 11.6 Å². The Hall–Kier alpha value is -2.38. The van der Waals surface area contributed by atoms with E-state index in [4.69, 9.17) is 11.6 Å². The number of carbonyl (C=O) groups is 1. The third-order valence-electron chi connectivity index (χ3n) is 7.94. The van der Waals surface area contributed by atoms with E-state index in [1.807, 2.05) is 12.1 Å². The predicted octanol–water partition coefficient (Wildman–Crippen LogP) is 5.92. The Balaban J connectivity index is 1.56. The van der Waals surface area contributed by atoms with Crippen LogP contribution in [0.25, 0.3) is 0 Å². The van der Waals surface area contributed by atoms with E-state index in [9.17, 15) is 18.7 Å². The average molecular weight is 504 g/mol. The first-order valence-corrected chi connectivity index (χ1v) is 13.0. The van der Waals surface area contributed by atoms with E-state index in [2.05, 4.69) is 16.0 Å². The van der Waals surface area contributed by atoms with Crippen molar-refractivity contribution in [2.75, 3.05) is 10.6 Å². The summed E-state index contributed by atoms with van der Waals surface area (Å²) in [6, 6.07) is 9.55. The summed E-state index contributed by atoms with van der Waals surface area (Å²) in [7, 11) is 0. The lowest BCUT2D eigenvalue weighted by atomic mass is 9.71. The predicted molar refractivity (Wildman–Crippen MR) is 133 cm³/mol. The van der Waals surface area contributed by atoms with Crippen LogP contribution in [0.3, 0.4) is 0 Å². The van der Waals surface area contributed by atoms with Gasteiger partial charge in [0.1, 0.15) is 5.66 Å². The molecular weight excluding hydrogens is 472 g/mol. The average Bonchev–Trinajstić information content (AvgIpc) is 3.20. The second kappa shape index (κ2) is 9.94. The van der Waals surface area contributed by atoms with Gasteiger partial charge in [-0.3, -0.25) is 4.79 Å². The molecule has 2 fully saturated rings. The largest absolute Gasteiger partial charge is 0.393 e. The zero-order chi connectivity index (χ0) is 24.6. The number of amides is 1. The van der Waals surface area contributed by atoms with Gasteiger partial charge >= 0.3 is 0 Å². The number of halogens is 3. The fraction of sp³-hybridized carbons (Fsp3) is 0.519. The number of rotatable bonds is 5. The van der Waals surface area contributed by atoms with Crippen LogP contribution >= 0.6 is 11.6 Å². The minimum Gasteiger partial charge on any atom is -0.393 e. The van der Waals surface area contributed by atoms with E-state index in [0.29, 0.717) is 29.2 Å². The van der Waals surface area contributed by atoms with E-state index in [1.54, 1.807) is 12.1 Å². The monoisotopic (exact) mass is 503 g/mol. The van der Waals surface area contributed by atoms with E-state index in [0.717, 1.165) is 62.6 Å². The highest BCUT2D eigenvalue weighted by Gasteiger charge is 2.52. The minimum absolute atomic E-state index is 0.00192. The highest BCUT2D eigenvalue weighted by atomic mass is 35.5. The van der Waals surface area contributed by atoms with Gasteiger partial charge in [0.25, 0.3) is 0 Å². The summed E-state index contributed by atoms with van der Waals surface area (Å²) in [6.45, 7) is 0. The van der Waals surface area contributed by atoms with Gasteiger partial charge in [-0.1, -0.05) is 43.0 Å². The van der Waals surface area contributed by atoms with Gasteiger partial charge in [-0.15, -0.1) is 0 Å². The number of aliphatic hydroxyl groups excluding tert-OH is 1. The Bertz CT molecular complexity index is 1040. The van der Waals surface area contributed by atoms with Gasteiger partial charge in [0, 0.05) is 23.2 Å². The molecule has 3 aliphatic rings. The highest BCUT2D eigenvalue weighted by molar-refractivity contribution is 6.30. The first-order valence-electron chi connectivity index (χ1n) is 12.7.